The molecule has 4 aliphatic carbocycles. The molecule has 4 saturated carbocycles. The summed E-state index contributed by atoms with van der Waals surface area (Å²) in [5.74, 6) is 3.02. The molecule has 0 radical (unpaired) electrons. The number of nitrogens with two attached hydrogens (primary N) is 1. The van der Waals surface area contributed by atoms with Gasteiger partial charge in [-0.3, -0.25) is 0 Å². The second-order valence-corrected chi connectivity index (χ2v) is 10.2. The standard InChI is InChI=1S/C25H32N6O2/c26-10-19-12-29-24(28-11-16-3-1-2-4-20(16)21(33)13-32)31-23(19)30-14-25-7-15-5-17(8-25)22(27)18(6-15)9-25/h1-4,12,15,17-18,21-22,32-33H,5-9,11,13-14,27H2,(H2,28,29,30,31)/t15?,17-,18+,21?,22?,25?. The molecule has 4 bridgehead atoms. The summed E-state index contributed by atoms with van der Waals surface area (Å²) in [6.07, 6.45) is 6.72. The number of nitriles is 1. The van der Waals surface area contributed by atoms with Crippen LogP contribution in [0.5, 0.6) is 0 Å². The van der Waals surface area contributed by atoms with Gasteiger partial charge in [0.05, 0.1) is 12.8 Å². The van der Waals surface area contributed by atoms with Gasteiger partial charge in [-0.2, -0.15) is 10.2 Å². The van der Waals surface area contributed by atoms with Crippen LogP contribution in [0.25, 0.3) is 0 Å². The zero-order chi connectivity index (χ0) is 23.0. The Hall–Kier alpha value is -2.73. The van der Waals surface area contributed by atoms with E-state index in [0.29, 0.717) is 47.3 Å². The fourth-order valence-electron chi connectivity index (χ4n) is 6.70. The van der Waals surface area contributed by atoms with E-state index in [2.05, 4.69) is 26.7 Å². The van der Waals surface area contributed by atoms with E-state index < -0.39 is 6.10 Å². The Morgan fingerprint density at radius 2 is 1.94 bits per heavy atom. The van der Waals surface area contributed by atoms with Crippen molar-refractivity contribution in [2.24, 2.45) is 28.9 Å². The van der Waals surface area contributed by atoms with Crippen molar-refractivity contribution in [3.63, 3.8) is 0 Å². The predicted octanol–water partition coefficient (Wildman–Crippen LogP) is 2.55. The van der Waals surface area contributed by atoms with E-state index in [1.165, 1.54) is 19.3 Å². The largest absolute Gasteiger partial charge is 0.393 e. The maximum atomic E-state index is 10.1. The molecule has 6 rings (SSSR count). The Labute approximate surface area is 194 Å². The summed E-state index contributed by atoms with van der Waals surface area (Å²) in [6, 6.07) is 9.95. The van der Waals surface area contributed by atoms with Crippen molar-refractivity contribution in [3.8, 4) is 6.07 Å². The van der Waals surface area contributed by atoms with Crippen molar-refractivity contribution < 1.29 is 10.2 Å². The number of hydrogen-bond donors (Lipinski definition) is 5. The number of benzene rings is 1. The number of aromatic nitrogens is 2. The van der Waals surface area contributed by atoms with Crippen LogP contribution in [0.4, 0.5) is 11.8 Å². The molecule has 0 saturated heterocycles. The van der Waals surface area contributed by atoms with Crippen LogP contribution in [-0.4, -0.2) is 39.4 Å². The van der Waals surface area contributed by atoms with Gasteiger partial charge in [0.2, 0.25) is 5.95 Å². The Morgan fingerprint density at radius 1 is 1.18 bits per heavy atom. The van der Waals surface area contributed by atoms with E-state index in [1.54, 1.807) is 12.3 Å². The van der Waals surface area contributed by atoms with Gasteiger partial charge in [-0.15, -0.1) is 0 Å². The lowest BCUT2D eigenvalue weighted by atomic mass is 9.48. The first-order valence-electron chi connectivity index (χ1n) is 11.9. The highest BCUT2D eigenvalue weighted by molar-refractivity contribution is 5.53. The minimum absolute atomic E-state index is 0.247. The second-order valence-electron chi connectivity index (χ2n) is 10.2. The monoisotopic (exact) mass is 448 g/mol. The average molecular weight is 449 g/mol. The van der Waals surface area contributed by atoms with Gasteiger partial charge in [0.15, 0.2) is 0 Å². The highest BCUT2D eigenvalue weighted by atomic mass is 16.3. The highest BCUT2D eigenvalue weighted by Gasteiger charge is 2.54. The number of nitrogens with zero attached hydrogens (tertiary/aromatic N) is 3. The minimum atomic E-state index is -0.935. The van der Waals surface area contributed by atoms with Crippen LogP contribution in [-0.2, 0) is 6.54 Å². The minimum Gasteiger partial charge on any atom is -0.393 e. The van der Waals surface area contributed by atoms with Gasteiger partial charge >= 0.3 is 0 Å². The second kappa shape index (κ2) is 8.90. The van der Waals surface area contributed by atoms with Crippen molar-refractivity contribution in [1.29, 1.82) is 5.26 Å². The first-order chi connectivity index (χ1) is 16.0. The molecule has 8 nitrogen and oxygen atoms in total. The molecule has 1 aromatic heterocycles. The fraction of sp³-hybridized carbons (Fsp3) is 0.560. The van der Waals surface area contributed by atoms with Gasteiger partial charge in [0.25, 0.3) is 0 Å². The SMILES string of the molecule is N#Cc1cnc(NCc2ccccc2C(O)CO)nc1NCC12CC3C[C@H](C1)C(N)[C@@H](C3)C2. The molecule has 2 aromatic rings. The van der Waals surface area contributed by atoms with Gasteiger partial charge in [0.1, 0.15) is 23.6 Å². The molecular formula is C25H32N6O2. The summed E-state index contributed by atoms with van der Waals surface area (Å²) in [4.78, 5) is 8.88. The molecule has 6 N–H and O–H groups in total. The summed E-state index contributed by atoms with van der Waals surface area (Å²) in [5.41, 5.74) is 8.69. The predicted molar refractivity (Wildman–Crippen MR) is 125 cm³/mol. The van der Waals surface area contributed by atoms with E-state index in [4.69, 9.17) is 5.73 Å². The van der Waals surface area contributed by atoms with Crippen molar-refractivity contribution in [3.05, 3.63) is 47.2 Å². The molecular weight excluding hydrogens is 416 g/mol. The zero-order valence-electron chi connectivity index (χ0n) is 18.7. The van der Waals surface area contributed by atoms with Crippen molar-refractivity contribution in [2.45, 2.75) is 50.8 Å². The normalized spacial score (nSPS) is 30.6. The third-order valence-electron chi connectivity index (χ3n) is 8.04. The molecule has 1 aromatic carbocycles. The van der Waals surface area contributed by atoms with Crippen LogP contribution >= 0.6 is 0 Å². The van der Waals surface area contributed by atoms with Crippen molar-refractivity contribution >= 4 is 11.8 Å². The topological polar surface area (TPSA) is 140 Å². The number of aliphatic hydroxyl groups excluding tert-OH is 2. The molecule has 4 unspecified atom stereocenters. The molecule has 0 spiro atoms. The Balaban J connectivity index is 1.28. The van der Waals surface area contributed by atoms with E-state index in [0.717, 1.165) is 30.9 Å². The maximum Gasteiger partial charge on any atom is 0.224 e. The first-order valence-corrected chi connectivity index (χ1v) is 11.9. The van der Waals surface area contributed by atoms with Gasteiger partial charge in [-0.25, -0.2) is 4.98 Å². The molecule has 8 heteroatoms. The molecule has 0 amide bonds. The molecule has 33 heavy (non-hydrogen) atoms. The van der Waals surface area contributed by atoms with E-state index >= 15 is 0 Å². The van der Waals surface area contributed by atoms with E-state index in [-0.39, 0.29) is 12.0 Å². The number of aliphatic hydroxyl groups is 2. The lowest BCUT2D eigenvalue weighted by molar-refractivity contribution is -0.0591. The van der Waals surface area contributed by atoms with Crippen LogP contribution in [0.15, 0.2) is 30.5 Å². The van der Waals surface area contributed by atoms with Crippen molar-refractivity contribution in [1.82, 2.24) is 9.97 Å². The van der Waals surface area contributed by atoms with Gasteiger partial charge in [-0.05, 0) is 66.4 Å². The zero-order valence-corrected chi connectivity index (χ0v) is 18.7. The first kappa shape index (κ1) is 22.1. The number of rotatable bonds is 8. The van der Waals surface area contributed by atoms with Gasteiger partial charge in [0, 0.05) is 19.1 Å². The number of hydrogen-bond acceptors (Lipinski definition) is 8. The third kappa shape index (κ3) is 4.29. The highest BCUT2D eigenvalue weighted by Crippen LogP contribution is 2.59. The summed E-state index contributed by atoms with van der Waals surface area (Å²) in [7, 11) is 0. The number of nitrogens with one attached hydrogen (secondary N) is 2. The molecule has 1 heterocycles. The molecule has 0 aliphatic heterocycles. The third-order valence-corrected chi connectivity index (χ3v) is 8.04. The maximum absolute atomic E-state index is 10.1. The number of anilines is 2. The summed E-state index contributed by atoms with van der Waals surface area (Å²) < 4.78 is 0. The summed E-state index contributed by atoms with van der Waals surface area (Å²) >= 11 is 0. The summed E-state index contributed by atoms with van der Waals surface area (Å²) in [5, 5.41) is 35.6. The Morgan fingerprint density at radius 3 is 2.67 bits per heavy atom. The van der Waals surface area contributed by atoms with Gasteiger partial charge < -0.3 is 26.6 Å². The van der Waals surface area contributed by atoms with E-state index in [9.17, 15) is 15.5 Å². The molecule has 4 aliphatic rings. The van der Waals surface area contributed by atoms with Crippen LogP contribution in [0.2, 0.25) is 0 Å². The van der Waals surface area contributed by atoms with Crippen LogP contribution < -0.4 is 16.4 Å². The fourth-order valence-corrected chi connectivity index (χ4v) is 6.70. The molecule has 6 atom stereocenters. The lowest BCUT2D eigenvalue weighted by Crippen LogP contribution is -2.58. The van der Waals surface area contributed by atoms with Crippen LogP contribution in [0.3, 0.4) is 0 Å². The van der Waals surface area contributed by atoms with Crippen LogP contribution in [0, 0.1) is 34.5 Å². The lowest BCUT2D eigenvalue weighted by Gasteiger charge is -2.59. The van der Waals surface area contributed by atoms with Crippen LogP contribution in [0.1, 0.15) is 54.9 Å². The Kier molecular flexibility index (Phi) is 5.95. The quantitative estimate of drug-likeness (QED) is 0.415. The van der Waals surface area contributed by atoms with Gasteiger partial charge in [-0.1, -0.05) is 24.3 Å². The summed E-state index contributed by atoms with van der Waals surface area (Å²) in [6.45, 7) is 0.860. The Bertz CT molecular complexity index is 1040. The van der Waals surface area contributed by atoms with Crippen molar-refractivity contribution in [2.75, 3.05) is 23.8 Å². The molecule has 174 valence electrons. The molecule has 4 fully saturated rings. The van der Waals surface area contributed by atoms with E-state index in [1.807, 2.05) is 18.2 Å². The smallest absolute Gasteiger partial charge is 0.224 e. The average Bonchev–Trinajstić information content (AvgIpc) is 2.84.